The fraction of sp³-hybridized carbons (Fsp3) is 0. The molecular weight excluding hydrogens is 314 g/mol. The van der Waals surface area contributed by atoms with E-state index in [0.29, 0.717) is 0 Å². The van der Waals surface area contributed by atoms with Crippen molar-refractivity contribution in [3.05, 3.63) is 52.5 Å². The van der Waals surface area contributed by atoms with Crippen molar-refractivity contribution in [2.24, 2.45) is 0 Å². The van der Waals surface area contributed by atoms with E-state index in [1.807, 2.05) is 0 Å². The molecule has 0 saturated heterocycles. The minimum atomic E-state index is -3.95. The number of benzene rings is 1. The van der Waals surface area contributed by atoms with Crippen LogP contribution in [0.1, 0.15) is 0 Å². The second-order valence-electron chi connectivity index (χ2n) is 3.56. The van der Waals surface area contributed by atoms with Crippen LogP contribution in [0, 0.1) is 5.82 Å². The van der Waals surface area contributed by atoms with E-state index >= 15 is 0 Å². The zero-order chi connectivity index (χ0) is 14.0. The average Bonchev–Trinajstić information content (AvgIpc) is 2.26. The van der Waals surface area contributed by atoms with Crippen LogP contribution in [0.25, 0.3) is 0 Å². The van der Waals surface area contributed by atoms with Crippen LogP contribution in [0.15, 0.2) is 41.4 Å². The summed E-state index contributed by atoms with van der Waals surface area (Å²) in [5, 5.41) is -0.0903. The van der Waals surface area contributed by atoms with Gasteiger partial charge in [0, 0.05) is 11.2 Å². The van der Waals surface area contributed by atoms with Gasteiger partial charge in [0.1, 0.15) is 15.9 Å². The van der Waals surface area contributed by atoms with Gasteiger partial charge in [0.2, 0.25) is 0 Å². The van der Waals surface area contributed by atoms with Crippen LogP contribution in [0.3, 0.4) is 0 Å². The number of nitrogens with one attached hydrogen (secondary N) is 1. The van der Waals surface area contributed by atoms with Gasteiger partial charge in [-0.15, -0.1) is 0 Å². The highest BCUT2D eigenvalue weighted by atomic mass is 35.5. The summed E-state index contributed by atoms with van der Waals surface area (Å²) in [6, 6.07) is 6.08. The predicted molar refractivity (Wildman–Crippen MR) is 71.5 cm³/mol. The van der Waals surface area contributed by atoms with Gasteiger partial charge in [-0.3, -0.25) is 4.72 Å². The first kappa shape index (κ1) is 14.0. The number of halogens is 3. The molecule has 0 amide bonds. The standard InChI is InChI=1S/C11H7Cl2FN2O2S/c12-7-4-8(14)6-9(5-7)16-19(17,18)10-2-1-3-15-11(10)13/h1-6,16H. The number of pyridine rings is 1. The quantitative estimate of drug-likeness (QED) is 0.882. The lowest BCUT2D eigenvalue weighted by atomic mass is 10.3. The van der Waals surface area contributed by atoms with Gasteiger partial charge in [0.05, 0.1) is 5.69 Å². The fourth-order valence-electron chi connectivity index (χ4n) is 1.39. The third kappa shape index (κ3) is 3.34. The molecular formula is C11H7Cl2FN2O2S. The zero-order valence-electron chi connectivity index (χ0n) is 9.27. The number of aromatic nitrogens is 1. The maximum absolute atomic E-state index is 13.1. The summed E-state index contributed by atoms with van der Waals surface area (Å²) in [5.41, 5.74) is 0.00456. The van der Waals surface area contributed by atoms with Crippen LogP contribution in [0.5, 0.6) is 0 Å². The molecule has 0 atom stereocenters. The Morgan fingerprint density at radius 2 is 1.95 bits per heavy atom. The van der Waals surface area contributed by atoms with Crippen molar-refractivity contribution >= 4 is 38.9 Å². The average molecular weight is 321 g/mol. The molecule has 4 nitrogen and oxygen atoms in total. The Hall–Kier alpha value is -1.37. The highest BCUT2D eigenvalue weighted by molar-refractivity contribution is 7.92. The first-order valence-electron chi connectivity index (χ1n) is 4.98. The van der Waals surface area contributed by atoms with Crippen molar-refractivity contribution in [3.63, 3.8) is 0 Å². The van der Waals surface area contributed by atoms with Crippen molar-refractivity contribution in [3.8, 4) is 0 Å². The van der Waals surface area contributed by atoms with E-state index in [4.69, 9.17) is 23.2 Å². The molecule has 2 rings (SSSR count). The number of nitrogens with zero attached hydrogens (tertiary/aromatic N) is 1. The van der Waals surface area contributed by atoms with Crippen LogP contribution >= 0.6 is 23.2 Å². The first-order valence-corrected chi connectivity index (χ1v) is 7.22. The van der Waals surface area contributed by atoms with Crippen LogP contribution in [0.4, 0.5) is 10.1 Å². The SMILES string of the molecule is O=S(=O)(Nc1cc(F)cc(Cl)c1)c1cccnc1Cl. The molecule has 0 unspecified atom stereocenters. The molecule has 0 aliphatic carbocycles. The van der Waals surface area contributed by atoms with E-state index in [1.165, 1.54) is 24.4 Å². The largest absolute Gasteiger partial charge is 0.279 e. The molecule has 1 heterocycles. The first-order chi connectivity index (χ1) is 8.88. The molecule has 2 aromatic rings. The van der Waals surface area contributed by atoms with Crippen molar-refractivity contribution < 1.29 is 12.8 Å². The fourth-order valence-corrected chi connectivity index (χ4v) is 3.11. The minimum Gasteiger partial charge on any atom is -0.279 e. The van der Waals surface area contributed by atoms with Crippen LogP contribution in [-0.4, -0.2) is 13.4 Å². The van der Waals surface area contributed by atoms with Gasteiger partial charge in [-0.25, -0.2) is 17.8 Å². The predicted octanol–water partition coefficient (Wildman–Crippen LogP) is 3.33. The molecule has 0 aliphatic rings. The highest BCUT2D eigenvalue weighted by Gasteiger charge is 2.18. The van der Waals surface area contributed by atoms with Gasteiger partial charge in [-0.2, -0.15) is 0 Å². The van der Waals surface area contributed by atoms with Gasteiger partial charge in [-0.1, -0.05) is 23.2 Å². The van der Waals surface area contributed by atoms with Crippen LogP contribution < -0.4 is 4.72 Å². The Balaban J connectivity index is 2.39. The molecule has 0 bridgehead atoms. The number of anilines is 1. The summed E-state index contributed by atoms with van der Waals surface area (Å²) in [7, 11) is -3.95. The summed E-state index contributed by atoms with van der Waals surface area (Å²) in [4.78, 5) is 3.47. The Morgan fingerprint density at radius 1 is 1.21 bits per heavy atom. The lowest BCUT2D eigenvalue weighted by molar-refractivity contribution is 0.600. The van der Waals surface area contributed by atoms with E-state index < -0.39 is 15.8 Å². The second-order valence-corrected chi connectivity index (χ2v) is 6.00. The molecule has 0 aliphatic heterocycles. The molecule has 0 spiro atoms. The number of hydrogen-bond acceptors (Lipinski definition) is 3. The van der Waals surface area contributed by atoms with Crippen LogP contribution in [0.2, 0.25) is 10.2 Å². The van der Waals surface area contributed by atoms with E-state index in [2.05, 4.69) is 9.71 Å². The number of sulfonamides is 1. The topological polar surface area (TPSA) is 59.1 Å². The lowest BCUT2D eigenvalue weighted by Gasteiger charge is -2.09. The van der Waals surface area contributed by atoms with Gasteiger partial charge < -0.3 is 0 Å². The normalized spacial score (nSPS) is 11.3. The van der Waals surface area contributed by atoms with E-state index in [1.54, 1.807) is 0 Å². The smallest absolute Gasteiger partial charge is 0.264 e. The number of hydrogen-bond donors (Lipinski definition) is 1. The van der Waals surface area contributed by atoms with Crippen molar-refractivity contribution in [2.45, 2.75) is 4.90 Å². The monoisotopic (exact) mass is 320 g/mol. The van der Waals surface area contributed by atoms with Gasteiger partial charge in [0.25, 0.3) is 10.0 Å². The molecule has 100 valence electrons. The highest BCUT2D eigenvalue weighted by Crippen LogP contribution is 2.24. The molecule has 0 fully saturated rings. The molecule has 1 aromatic carbocycles. The van der Waals surface area contributed by atoms with Crippen molar-refractivity contribution in [1.82, 2.24) is 4.98 Å². The Bertz CT molecular complexity index is 702. The summed E-state index contributed by atoms with van der Waals surface area (Å²) in [5.74, 6) is -0.650. The van der Waals surface area contributed by atoms with E-state index in [9.17, 15) is 12.8 Å². The Morgan fingerprint density at radius 3 is 2.58 bits per heavy atom. The zero-order valence-corrected chi connectivity index (χ0v) is 11.6. The summed E-state index contributed by atoms with van der Waals surface area (Å²) >= 11 is 11.4. The van der Waals surface area contributed by atoms with Gasteiger partial charge in [0.15, 0.2) is 0 Å². The minimum absolute atomic E-state index is 0.00456. The second kappa shape index (κ2) is 5.32. The van der Waals surface area contributed by atoms with Crippen molar-refractivity contribution in [2.75, 3.05) is 4.72 Å². The summed E-state index contributed by atoms with van der Waals surface area (Å²) in [6.45, 7) is 0. The third-order valence-electron chi connectivity index (χ3n) is 2.13. The van der Waals surface area contributed by atoms with E-state index in [-0.39, 0.29) is 20.8 Å². The maximum Gasteiger partial charge on any atom is 0.264 e. The summed E-state index contributed by atoms with van der Waals surface area (Å²) in [6.07, 6.45) is 1.36. The van der Waals surface area contributed by atoms with Gasteiger partial charge in [-0.05, 0) is 30.3 Å². The lowest BCUT2D eigenvalue weighted by Crippen LogP contribution is -2.14. The van der Waals surface area contributed by atoms with Crippen molar-refractivity contribution in [1.29, 1.82) is 0 Å². The van der Waals surface area contributed by atoms with E-state index in [0.717, 1.165) is 12.1 Å². The molecule has 1 aromatic heterocycles. The molecule has 19 heavy (non-hydrogen) atoms. The number of rotatable bonds is 3. The Labute approximate surface area is 119 Å². The molecule has 8 heteroatoms. The van der Waals surface area contributed by atoms with Crippen LogP contribution in [-0.2, 0) is 10.0 Å². The summed E-state index contributed by atoms with van der Waals surface area (Å²) < 4.78 is 39.4. The molecule has 1 N–H and O–H groups in total. The molecule has 0 radical (unpaired) electrons. The third-order valence-corrected chi connectivity index (χ3v) is 4.17. The maximum atomic E-state index is 13.1. The Kier molecular flexibility index (Phi) is 3.93. The van der Waals surface area contributed by atoms with Gasteiger partial charge >= 0.3 is 0 Å². The molecule has 0 saturated carbocycles.